The summed E-state index contributed by atoms with van der Waals surface area (Å²) in [5, 5.41) is 3.51. The second kappa shape index (κ2) is 4.34. The topological polar surface area (TPSA) is 38.3 Å². The molecule has 0 atom stereocenters. The monoisotopic (exact) mass is 239 g/mol. The van der Waals surface area contributed by atoms with Crippen molar-refractivity contribution in [2.75, 3.05) is 12.4 Å². The average Bonchev–Trinajstić information content (AvgIpc) is 3.06. The molecule has 0 saturated heterocycles. The normalized spacial score (nSPS) is 14.7. The molecule has 0 heterocycles. The van der Waals surface area contributed by atoms with Crippen molar-refractivity contribution in [1.82, 2.24) is 0 Å². The van der Waals surface area contributed by atoms with Gasteiger partial charge in [0.2, 0.25) is 5.91 Å². The largest absolute Gasteiger partial charge is 0.495 e. The molecule has 1 saturated carbocycles. The van der Waals surface area contributed by atoms with E-state index < -0.39 is 0 Å². The number of nitrogens with one attached hydrogen (secondary N) is 1. The van der Waals surface area contributed by atoms with Crippen LogP contribution in [0.25, 0.3) is 0 Å². The SMILES string of the molecule is COc1cc(Cl)c(C)cc1NC(=O)C1CC1. The fraction of sp³-hybridized carbons (Fsp3) is 0.417. The number of carbonyl (C=O) groups excluding carboxylic acids is 1. The van der Waals surface area contributed by atoms with E-state index >= 15 is 0 Å². The quantitative estimate of drug-likeness (QED) is 0.881. The molecule has 0 aliphatic heterocycles. The number of hydrogen-bond donors (Lipinski definition) is 1. The van der Waals surface area contributed by atoms with Gasteiger partial charge in [-0.25, -0.2) is 0 Å². The second-order valence-electron chi connectivity index (χ2n) is 4.07. The molecule has 0 bridgehead atoms. The molecule has 4 heteroatoms. The van der Waals surface area contributed by atoms with E-state index in [0.29, 0.717) is 16.5 Å². The van der Waals surface area contributed by atoms with E-state index in [1.54, 1.807) is 13.2 Å². The summed E-state index contributed by atoms with van der Waals surface area (Å²) in [6.45, 7) is 1.90. The summed E-state index contributed by atoms with van der Waals surface area (Å²) >= 11 is 5.98. The first kappa shape index (κ1) is 11.3. The molecule has 1 N–H and O–H groups in total. The fourth-order valence-corrected chi connectivity index (χ4v) is 1.66. The van der Waals surface area contributed by atoms with Crippen molar-refractivity contribution < 1.29 is 9.53 Å². The molecule has 1 aromatic rings. The lowest BCUT2D eigenvalue weighted by molar-refractivity contribution is -0.117. The zero-order valence-corrected chi connectivity index (χ0v) is 10.1. The lowest BCUT2D eigenvalue weighted by Crippen LogP contribution is -2.14. The Bertz CT molecular complexity index is 427. The summed E-state index contributed by atoms with van der Waals surface area (Å²) < 4.78 is 5.18. The van der Waals surface area contributed by atoms with Crippen molar-refractivity contribution in [3.8, 4) is 5.75 Å². The average molecular weight is 240 g/mol. The number of aryl methyl sites for hydroxylation is 1. The van der Waals surface area contributed by atoms with E-state index in [0.717, 1.165) is 18.4 Å². The van der Waals surface area contributed by atoms with Gasteiger partial charge in [-0.1, -0.05) is 11.6 Å². The first-order valence-electron chi connectivity index (χ1n) is 5.27. The van der Waals surface area contributed by atoms with Gasteiger partial charge in [-0.2, -0.15) is 0 Å². The van der Waals surface area contributed by atoms with E-state index in [9.17, 15) is 4.79 Å². The Kier molecular flexibility index (Phi) is 3.06. The van der Waals surface area contributed by atoms with Crippen LogP contribution in [0.3, 0.4) is 0 Å². The zero-order chi connectivity index (χ0) is 11.7. The number of carbonyl (C=O) groups is 1. The Balaban J connectivity index is 2.23. The summed E-state index contributed by atoms with van der Waals surface area (Å²) in [5.41, 5.74) is 1.62. The van der Waals surface area contributed by atoms with Gasteiger partial charge in [-0.15, -0.1) is 0 Å². The van der Waals surface area contributed by atoms with Crippen LogP contribution in [0, 0.1) is 12.8 Å². The molecule has 86 valence electrons. The van der Waals surface area contributed by atoms with Gasteiger partial charge in [0.05, 0.1) is 12.8 Å². The smallest absolute Gasteiger partial charge is 0.227 e. The summed E-state index contributed by atoms with van der Waals surface area (Å²) in [6, 6.07) is 3.56. The minimum atomic E-state index is 0.0695. The number of ether oxygens (including phenoxy) is 1. The standard InChI is InChI=1S/C12H14ClNO2/c1-7-5-10(11(16-2)6-9(7)13)14-12(15)8-3-4-8/h5-6,8H,3-4H2,1-2H3,(H,14,15). The van der Waals surface area contributed by atoms with Crippen LogP contribution in [0.4, 0.5) is 5.69 Å². The second-order valence-corrected chi connectivity index (χ2v) is 4.47. The van der Waals surface area contributed by atoms with Gasteiger partial charge in [-0.05, 0) is 31.4 Å². The highest BCUT2D eigenvalue weighted by Crippen LogP contribution is 2.34. The number of hydrogen-bond acceptors (Lipinski definition) is 2. The van der Waals surface area contributed by atoms with Crippen LogP contribution in [0.1, 0.15) is 18.4 Å². The highest BCUT2D eigenvalue weighted by Gasteiger charge is 2.30. The van der Waals surface area contributed by atoms with Crippen molar-refractivity contribution in [2.45, 2.75) is 19.8 Å². The zero-order valence-electron chi connectivity index (χ0n) is 9.34. The third kappa shape index (κ3) is 2.30. The number of rotatable bonds is 3. The molecule has 2 rings (SSSR count). The van der Waals surface area contributed by atoms with Gasteiger partial charge in [0.1, 0.15) is 5.75 Å². The third-order valence-electron chi connectivity index (χ3n) is 2.69. The highest BCUT2D eigenvalue weighted by atomic mass is 35.5. The minimum Gasteiger partial charge on any atom is -0.495 e. The first-order valence-corrected chi connectivity index (χ1v) is 5.64. The van der Waals surface area contributed by atoms with Crippen molar-refractivity contribution in [2.24, 2.45) is 5.92 Å². The van der Waals surface area contributed by atoms with Gasteiger partial charge in [0.15, 0.2) is 0 Å². The van der Waals surface area contributed by atoms with Crippen LogP contribution < -0.4 is 10.1 Å². The van der Waals surface area contributed by atoms with Crippen molar-refractivity contribution in [3.05, 3.63) is 22.7 Å². The summed E-state index contributed by atoms with van der Waals surface area (Å²) in [6.07, 6.45) is 1.97. The maximum absolute atomic E-state index is 11.6. The van der Waals surface area contributed by atoms with Crippen LogP contribution in [-0.4, -0.2) is 13.0 Å². The molecule has 1 aromatic carbocycles. The van der Waals surface area contributed by atoms with Crippen molar-refractivity contribution in [3.63, 3.8) is 0 Å². The molecular formula is C12H14ClNO2. The van der Waals surface area contributed by atoms with Crippen LogP contribution in [0.5, 0.6) is 5.75 Å². The van der Waals surface area contributed by atoms with E-state index in [2.05, 4.69) is 5.32 Å². The van der Waals surface area contributed by atoms with Gasteiger partial charge in [0, 0.05) is 17.0 Å². The highest BCUT2D eigenvalue weighted by molar-refractivity contribution is 6.31. The molecule has 0 unspecified atom stereocenters. The third-order valence-corrected chi connectivity index (χ3v) is 3.09. The van der Waals surface area contributed by atoms with Gasteiger partial charge < -0.3 is 10.1 Å². The van der Waals surface area contributed by atoms with Gasteiger partial charge in [0.25, 0.3) is 0 Å². The number of halogens is 1. The Morgan fingerprint density at radius 2 is 2.19 bits per heavy atom. The molecule has 16 heavy (non-hydrogen) atoms. The maximum atomic E-state index is 11.6. The molecule has 1 fully saturated rings. The Labute approximate surface area is 99.7 Å². The fourth-order valence-electron chi connectivity index (χ4n) is 1.51. The molecule has 3 nitrogen and oxygen atoms in total. The predicted octanol–water partition coefficient (Wildman–Crippen LogP) is 3.01. The van der Waals surface area contributed by atoms with Crippen molar-refractivity contribution >= 4 is 23.2 Å². The Hall–Kier alpha value is -1.22. The number of amides is 1. The summed E-state index contributed by atoms with van der Waals surface area (Å²) in [4.78, 5) is 11.6. The summed E-state index contributed by atoms with van der Waals surface area (Å²) in [7, 11) is 1.56. The predicted molar refractivity (Wildman–Crippen MR) is 64.1 cm³/mol. The molecule has 0 radical (unpaired) electrons. The van der Waals surface area contributed by atoms with E-state index in [1.807, 2.05) is 13.0 Å². The minimum absolute atomic E-state index is 0.0695. The molecule has 0 aromatic heterocycles. The first-order chi connectivity index (χ1) is 7.61. The van der Waals surface area contributed by atoms with Crippen LogP contribution >= 0.6 is 11.6 Å². The van der Waals surface area contributed by atoms with Crippen LogP contribution in [-0.2, 0) is 4.79 Å². The molecule has 1 aliphatic carbocycles. The molecular weight excluding hydrogens is 226 g/mol. The number of benzene rings is 1. The maximum Gasteiger partial charge on any atom is 0.227 e. The van der Waals surface area contributed by atoms with Crippen LogP contribution in [0.15, 0.2) is 12.1 Å². The molecule has 1 amide bonds. The lowest BCUT2D eigenvalue weighted by atomic mass is 10.2. The Morgan fingerprint density at radius 3 is 2.75 bits per heavy atom. The van der Waals surface area contributed by atoms with E-state index in [1.165, 1.54) is 0 Å². The van der Waals surface area contributed by atoms with Gasteiger partial charge >= 0.3 is 0 Å². The van der Waals surface area contributed by atoms with Gasteiger partial charge in [-0.3, -0.25) is 4.79 Å². The summed E-state index contributed by atoms with van der Waals surface area (Å²) in [5.74, 6) is 0.852. The molecule has 0 spiro atoms. The van der Waals surface area contributed by atoms with E-state index in [4.69, 9.17) is 16.3 Å². The molecule has 1 aliphatic rings. The van der Waals surface area contributed by atoms with E-state index in [-0.39, 0.29) is 11.8 Å². The number of methoxy groups -OCH3 is 1. The Morgan fingerprint density at radius 1 is 1.50 bits per heavy atom. The van der Waals surface area contributed by atoms with Crippen molar-refractivity contribution in [1.29, 1.82) is 0 Å². The number of anilines is 1. The van der Waals surface area contributed by atoms with Crippen LogP contribution in [0.2, 0.25) is 5.02 Å². The lowest BCUT2D eigenvalue weighted by Gasteiger charge is -2.11.